The molecule has 13 heteroatoms. The normalized spacial score (nSPS) is 18.0. The molecule has 9 nitrogen and oxygen atoms in total. The van der Waals surface area contributed by atoms with Gasteiger partial charge >= 0.3 is 17.7 Å². The molecular formula is C28H32F4N4O5. The van der Waals surface area contributed by atoms with Crippen LogP contribution >= 0.6 is 0 Å². The van der Waals surface area contributed by atoms with Crippen molar-refractivity contribution in [2.75, 3.05) is 13.1 Å². The van der Waals surface area contributed by atoms with Crippen LogP contribution in [0, 0.1) is 19.7 Å². The highest BCUT2D eigenvalue weighted by atomic mass is 19.4. The number of rotatable bonds is 5. The third kappa shape index (κ3) is 6.28. The minimum Gasteiger partial charge on any atom is -0.336 e. The summed E-state index contributed by atoms with van der Waals surface area (Å²) in [5.41, 5.74) is -1.31. The first-order valence-corrected chi connectivity index (χ1v) is 13.4. The number of piperazine rings is 1. The quantitative estimate of drug-likeness (QED) is 0.502. The van der Waals surface area contributed by atoms with E-state index >= 15 is 0 Å². The van der Waals surface area contributed by atoms with Crippen molar-refractivity contribution in [3.05, 3.63) is 62.3 Å². The predicted molar refractivity (Wildman–Crippen MR) is 139 cm³/mol. The van der Waals surface area contributed by atoms with Gasteiger partial charge in [-0.3, -0.25) is 14.4 Å². The number of carbonyl (C=O) groups is 3. The van der Waals surface area contributed by atoms with Crippen LogP contribution in [-0.2, 0) is 16.0 Å². The molecule has 0 atom stereocenters. The van der Waals surface area contributed by atoms with Crippen LogP contribution in [0.3, 0.4) is 0 Å². The molecule has 2 heterocycles. The second-order valence-electron chi connectivity index (χ2n) is 11.3. The Labute approximate surface area is 234 Å². The van der Waals surface area contributed by atoms with E-state index < -0.39 is 35.0 Å². The van der Waals surface area contributed by atoms with Crippen molar-refractivity contribution in [3.63, 3.8) is 0 Å². The lowest BCUT2D eigenvalue weighted by Crippen LogP contribution is -2.65. The standard InChI is InChI=1S/C28H32F4N4O5/c1-16-17(2)24(38)36(41-26(40)28(30,31)32)33-22(16)13-18-10-11-21(29)20(12-18)25(39)35-14-23(37)34(15-27(35,3)4)19-8-6-5-7-9-19/h10-12,19H,5-9,13-15H2,1-4H3. The molecule has 2 aliphatic rings. The van der Waals surface area contributed by atoms with Gasteiger partial charge in [0.1, 0.15) is 12.4 Å². The van der Waals surface area contributed by atoms with Gasteiger partial charge in [-0.2, -0.15) is 13.2 Å². The monoisotopic (exact) mass is 580 g/mol. The van der Waals surface area contributed by atoms with E-state index in [0.717, 1.165) is 38.2 Å². The first-order valence-electron chi connectivity index (χ1n) is 13.4. The van der Waals surface area contributed by atoms with Gasteiger partial charge in [0.2, 0.25) is 5.91 Å². The maximum absolute atomic E-state index is 15.0. The van der Waals surface area contributed by atoms with Gasteiger partial charge in [0, 0.05) is 24.6 Å². The Morgan fingerprint density at radius 2 is 1.73 bits per heavy atom. The summed E-state index contributed by atoms with van der Waals surface area (Å²) in [7, 11) is 0. The summed E-state index contributed by atoms with van der Waals surface area (Å²) < 4.78 is 53.0. The first-order chi connectivity index (χ1) is 19.1. The minimum atomic E-state index is -5.34. The fourth-order valence-corrected chi connectivity index (χ4v) is 5.40. The molecule has 1 aromatic heterocycles. The maximum atomic E-state index is 15.0. The molecule has 1 aliphatic heterocycles. The molecule has 0 bridgehead atoms. The average Bonchev–Trinajstić information content (AvgIpc) is 2.91. The summed E-state index contributed by atoms with van der Waals surface area (Å²) in [5.74, 6) is -4.28. The van der Waals surface area contributed by atoms with Crippen LogP contribution in [0.2, 0.25) is 0 Å². The van der Waals surface area contributed by atoms with Gasteiger partial charge in [-0.05, 0) is 68.6 Å². The van der Waals surface area contributed by atoms with E-state index in [4.69, 9.17) is 0 Å². The molecule has 1 saturated heterocycles. The SMILES string of the molecule is Cc1c(Cc2ccc(F)c(C(=O)N3CC(=O)N(C4CCCCC4)CC3(C)C)c2)nn(OC(=O)C(F)(F)F)c(=O)c1C. The lowest BCUT2D eigenvalue weighted by molar-refractivity contribution is -0.202. The van der Waals surface area contributed by atoms with Gasteiger partial charge in [0.15, 0.2) is 0 Å². The summed E-state index contributed by atoms with van der Waals surface area (Å²) in [4.78, 5) is 57.6. The molecule has 1 aliphatic carbocycles. The van der Waals surface area contributed by atoms with E-state index in [9.17, 15) is 36.7 Å². The highest BCUT2D eigenvalue weighted by Gasteiger charge is 2.44. The summed E-state index contributed by atoms with van der Waals surface area (Å²) in [6.07, 6.45) is -0.393. The molecule has 0 N–H and O–H groups in total. The Morgan fingerprint density at radius 1 is 1.07 bits per heavy atom. The summed E-state index contributed by atoms with van der Waals surface area (Å²) in [6, 6.07) is 3.87. The number of alkyl halides is 3. The molecule has 2 amide bonds. The number of carbonyl (C=O) groups excluding carboxylic acids is 3. The zero-order chi connectivity index (χ0) is 30.3. The molecule has 1 aromatic carbocycles. The van der Waals surface area contributed by atoms with Crippen LogP contribution in [0.4, 0.5) is 17.6 Å². The Bertz CT molecular complexity index is 1430. The van der Waals surface area contributed by atoms with E-state index in [1.165, 1.54) is 30.9 Å². The summed E-state index contributed by atoms with van der Waals surface area (Å²) in [5, 5.41) is 3.78. The largest absolute Gasteiger partial charge is 0.493 e. The molecule has 1 saturated carbocycles. The third-order valence-electron chi connectivity index (χ3n) is 7.90. The zero-order valence-electron chi connectivity index (χ0n) is 23.3. The summed E-state index contributed by atoms with van der Waals surface area (Å²) in [6.45, 7) is 6.65. The highest BCUT2D eigenvalue weighted by molar-refractivity contribution is 5.98. The van der Waals surface area contributed by atoms with E-state index in [1.807, 2.05) is 18.7 Å². The molecule has 4 rings (SSSR count). The number of hydrogen-bond acceptors (Lipinski definition) is 6. The molecule has 41 heavy (non-hydrogen) atoms. The molecule has 0 spiro atoms. The van der Waals surface area contributed by atoms with Crippen molar-refractivity contribution in [2.45, 2.75) is 84.0 Å². The Hall–Kier alpha value is -3.77. The van der Waals surface area contributed by atoms with Crippen molar-refractivity contribution >= 4 is 17.8 Å². The smallest absolute Gasteiger partial charge is 0.336 e. The maximum Gasteiger partial charge on any atom is 0.493 e. The minimum absolute atomic E-state index is 0.000477. The van der Waals surface area contributed by atoms with Gasteiger partial charge in [-0.1, -0.05) is 25.3 Å². The number of benzene rings is 1. The lowest BCUT2D eigenvalue weighted by atomic mass is 9.90. The summed E-state index contributed by atoms with van der Waals surface area (Å²) >= 11 is 0. The van der Waals surface area contributed by atoms with Crippen LogP contribution in [0.15, 0.2) is 23.0 Å². The number of halogens is 4. The fraction of sp³-hybridized carbons (Fsp3) is 0.536. The number of amides is 2. The van der Waals surface area contributed by atoms with Gasteiger partial charge in [-0.25, -0.2) is 9.18 Å². The highest BCUT2D eigenvalue weighted by Crippen LogP contribution is 2.31. The predicted octanol–water partition coefficient (Wildman–Crippen LogP) is 3.50. The molecule has 0 radical (unpaired) electrons. The van der Waals surface area contributed by atoms with Crippen molar-refractivity contribution in [3.8, 4) is 0 Å². The van der Waals surface area contributed by atoms with E-state index in [1.54, 1.807) is 0 Å². The lowest BCUT2D eigenvalue weighted by Gasteiger charge is -2.49. The number of hydrogen-bond donors (Lipinski definition) is 0. The zero-order valence-corrected chi connectivity index (χ0v) is 23.3. The van der Waals surface area contributed by atoms with Crippen LogP contribution in [0.1, 0.15) is 78.7 Å². The Balaban J connectivity index is 1.59. The van der Waals surface area contributed by atoms with Crippen LogP contribution in [0.25, 0.3) is 0 Å². The molecule has 222 valence electrons. The van der Waals surface area contributed by atoms with Crippen LogP contribution in [-0.4, -0.2) is 68.4 Å². The molecule has 2 aromatic rings. The van der Waals surface area contributed by atoms with Crippen molar-refractivity contribution in [1.29, 1.82) is 0 Å². The van der Waals surface area contributed by atoms with Gasteiger partial charge in [0.25, 0.3) is 5.91 Å². The first kappa shape index (κ1) is 30.2. The molecule has 2 fully saturated rings. The third-order valence-corrected chi connectivity index (χ3v) is 7.90. The van der Waals surface area contributed by atoms with Gasteiger partial charge in [0.05, 0.1) is 16.8 Å². The van der Waals surface area contributed by atoms with Gasteiger partial charge in [-0.15, -0.1) is 5.10 Å². The van der Waals surface area contributed by atoms with Crippen molar-refractivity contribution in [1.82, 2.24) is 19.7 Å². The fourth-order valence-electron chi connectivity index (χ4n) is 5.40. The number of nitrogens with zero attached hydrogens (tertiary/aromatic N) is 4. The number of aromatic nitrogens is 2. The Kier molecular flexibility index (Phi) is 8.28. The molecule has 0 unspecified atom stereocenters. The second kappa shape index (κ2) is 11.2. The average molecular weight is 581 g/mol. The molecular weight excluding hydrogens is 548 g/mol. The van der Waals surface area contributed by atoms with E-state index in [2.05, 4.69) is 9.94 Å². The second-order valence-corrected chi connectivity index (χ2v) is 11.3. The van der Waals surface area contributed by atoms with Crippen LogP contribution < -0.4 is 10.4 Å². The van der Waals surface area contributed by atoms with Crippen LogP contribution in [0.5, 0.6) is 0 Å². The van der Waals surface area contributed by atoms with Crippen molar-refractivity contribution < 1.29 is 36.8 Å². The van der Waals surface area contributed by atoms with Gasteiger partial charge < -0.3 is 14.6 Å². The van der Waals surface area contributed by atoms with E-state index in [0.29, 0.717) is 17.7 Å². The van der Waals surface area contributed by atoms with E-state index in [-0.39, 0.29) is 46.6 Å². The topological polar surface area (TPSA) is 102 Å². The Morgan fingerprint density at radius 3 is 2.37 bits per heavy atom. The van der Waals surface area contributed by atoms with Crippen molar-refractivity contribution in [2.24, 2.45) is 0 Å².